The number of nitrogens with one attached hydrogen (secondary N) is 1. The van der Waals surface area contributed by atoms with E-state index in [0.717, 1.165) is 4.90 Å². The fourth-order valence-electron chi connectivity index (χ4n) is 2.70. The Bertz CT molecular complexity index is 1050. The van der Waals surface area contributed by atoms with Crippen molar-refractivity contribution in [3.63, 3.8) is 0 Å². The topological polar surface area (TPSA) is 95.9 Å². The molecule has 1 aliphatic heterocycles. The van der Waals surface area contributed by atoms with Gasteiger partial charge in [0.1, 0.15) is 5.57 Å². The zero-order chi connectivity index (χ0) is 20.6. The van der Waals surface area contributed by atoms with Gasteiger partial charge < -0.3 is 9.84 Å². The molecular formula is C19H14Cl2N2O5. The van der Waals surface area contributed by atoms with E-state index in [-0.39, 0.29) is 27.8 Å². The number of ether oxygens (including phenoxy) is 1. The molecule has 2 N–H and O–H groups in total. The Hall–Kier alpha value is -3.03. The molecule has 0 bridgehead atoms. The maximum absolute atomic E-state index is 12.9. The molecule has 3 rings (SSSR count). The van der Waals surface area contributed by atoms with E-state index in [4.69, 9.17) is 27.9 Å². The summed E-state index contributed by atoms with van der Waals surface area (Å²) in [6, 6.07) is 6.63. The highest BCUT2D eigenvalue weighted by molar-refractivity contribution is 6.40. The van der Waals surface area contributed by atoms with E-state index in [1.807, 2.05) is 0 Å². The summed E-state index contributed by atoms with van der Waals surface area (Å²) >= 11 is 11.9. The number of hydrogen-bond acceptors (Lipinski definition) is 5. The number of carbonyl (C=O) groups is 3. The average Bonchev–Trinajstić information content (AvgIpc) is 2.64. The Labute approximate surface area is 170 Å². The van der Waals surface area contributed by atoms with Gasteiger partial charge in [0.25, 0.3) is 11.8 Å². The molecule has 1 heterocycles. The molecule has 0 aromatic heterocycles. The molecule has 2 aromatic rings. The third kappa shape index (κ3) is 3.54. The number of aromatic hydroxyl groups is 1. The Kier molecular flexibility index (Phi) is 5.31. The first-order valence-corrected chi connectivity index (χ1v) is 8.72. The molecule has 1 aliphatic rings. The van der Waals surface area contributed by atoms with E-state index in [1.165, 1.54) is 31.4 Å². The minimum Gasteiger partial charge on any atom is -0.503 e. The number of nitrogens with zero attached hydrogens (tertiary/aromatic N) is 1. The third-order valence-electron chi connectivity index (χ3n) is 4.10. The molecule has 2 aromatic carbocycles. The summed E-state index contributed by atoms with van der Waals surface area (Å²) in [6.45, 7) is 1.71. The number of amides is 4. The van der Waals surface area contributed by atoms with Crippen molar-refractivity contribution in [1.82, 2.24) is 5.32 Å². The normalized spacial score (nSPS) is 15.8. The van der Waals surface area contributed by atoms with Crippen LogP contribution in [0, 0.1) is 6.92 Å². The first kappa shape index (κ1) is 19.7. The van der Waals surface area contributed by atoms with Crippen LogP contribution in [0.1, 0.15) is 11.1 Å². The van der Waals surface area contributed by atoms with Crippen LogP contribution < -0.4 is 15.0 Å². The molecule has 1 fully saturated rings. The molecule has 0 radical (unpaired) electrons. The molecule has 28 heavy (non-hydrogen) atoms. The van der Waals surface area contributed by atoms with Crippen LogP contribution in [0.2, 0.25) is 10.0 Å². The standard InChI is InChI=1S/C19H14Cl2N2O5/c1-9-3-4-11(20)8-14(9)23-18(26)12(17(25)22-19(23)27)5-10-6-13(21)16(24)15(7-10)28-2/h3-8,24H,1-2H3,(H,22,25,27)/b12-5+. The number of rotatable bonds is 3. The Balaban J connectivity index is 2.09. The van der Waals surface area contributed by atoms with Crippen molar-refractivity contribution in [2.45, 2.75) is 6.92 Å². The van der Waals surface area contributed by atoms with Crippen molar-refractivity contribution in [2.75, 3.05) is 12.0 Å². The van der Waals surface area contributed by atoms with Crippen LogP contribution in [-0.4, -0.2) is 30.1 Å². The second kappa shape index (κ2) is 7.53. The predicted molar refractivity (Wildman–Crippen MR) is 105 cm³/mol. The lowest BCUT2D eigenvalue weighted by Gasteiger charge is -2.27. The summed E-state index contributed by atoms with van der Waals surface area (Å²) < 4.78 is 5.02. The second-order valence-corrected chi connectivity index (χ2v) is 6.79. The van der Waals surface area contributed by atoms with Gasteiger partial charge >= 0.3 is 6.03 Å². The van der Waals surface area contributed by atoms with Gasteiger partial charge in [0.05, 0.1) is 17.8 Å². The summed E-state index contributed by atoms with van der Waals surface area (Å²) in [5.74, 6) is -1.87. The molecule has 7 nitrogen and oxygen atoms in total. The molecule has 9 heteroatoms. The molecule has 4 amide bonds. The molecular weight excluding hydrogens is 407 g/mol. The predicted octanol–water partition coefficient (Wildman–Crippen LogP) is 3.68. The molecule has 0 saturated carbocycles. The number of phenolic OH excluding ortho intramolecular Hbond substituents is 1. The maximum Gasteiger partial charge on any atom is 0.335 e. The summed E-state index contributed by atoms with van der Waals surface area (Å²) in [6.07, 6.45) is 1.25. The van der Waals surface area contributed by atoms with Crippen molar-refractivity contribution in [2.24, 2.45) is 0 Å². The quantitative estimate of drug-likeness (QED) is 0.582. The number of aryl methyl sites for hydroxylation is 1. The Morgan fingerprint density at radius 3 is 2.54 bits per heavy atom. The summed E-state index contributed by atoms with van der Waals surface area (Å²) in [5.41, 5.74) is 0.920. The van der Waals surface area contributed by atoms with Gasteiger partial charge in [0, 0.05) is 5.02 Å². The number of imide groups is 2. The van der Waals surface area contributed by atoms with E-state index >= 15 is 0 Å². The third-order valence-corrected chi connectivity index (χ3v) is 4.62. The number of barbiturate groups is 1. The van der Waals surface area contributed by atoms with Gasteiger partial charge in [-0.1, -0.05) is 29.3 Å². The second-order valence-electron chi connectivity index (χ2n) is 5.94. The molecule has 0 spiro atoms. The minimum atomic E-state index is -0.876. The summed E-state index contributed by atoms with van der Waals surface area (Å²) in [5, 5.41) is 12.3. The van der Waals surface area contributed by atoms with E-state index in [1.54, 1.807) is 19.1 Å². The number of benzene rings is 2. The fourth-order valence-corrected chi connectivity index (χ4v) is 3.08. The lowest BCUT2D eigenvalue weighted by molar-refractivity contribution is -0.122. The van der Waals surface area contributed by atoms with Crippen LogP contribution in [0.4, 0.5) is 10.5 Å². The van der Waals surface area contributed by atoms with Crippen LogP contribution in [0.5, 0.6) is 11.5 Å². The highest BCUT2D eigenvalue weighted by Gasteiger charge is 2.37. The lowest BCUT2D eigenvalue weighted by Crippen LogP contribution is -2.54. The monoisotopic (exact) mass is 420 g/mol. The van der Waals surface area contributed by atoms with Crippen LogP contribution in [0.15, 0.2) is 35.9 Å². The number of halogens is 2. The van der Waals surface area contributed by atoms with Crippen LogP contribution >= 0.6 is 23.2 Å². The Morgan fingerprint density at radius 1 is 1.14 bits per heavy atom. The van der Waals surface area contributed by atoms with Gasteiger partial charge in [-0.05, 0) is 48.4 Å². The molecule has 0 aliphatic carbocycles. The largest absolute Gasteiger partial charge is 0.503 e. The van der Waals surface area contributed by atoms with Gasteiger partial charge in [-0.15, -0.1) is 0 Å². The number of hydrogen-bond donors (Lipinski definition) is 2. The van der Waals surface area contributed by atoms with E-state index in [2.05, 4.69) is 5.32 Å². The molecule has 0 atom stereocenters. The van der Waals surface area contributed by atoms with Gasteiger partial charge in [-0.25, -0.2) is 9.69 Å². The Morgan fingerprint density at radius 2 is 1.86 bits per heavy atom. The number of phenols is 1. The van der Waals surface area contributed by atoms with E-state index in [0.29, 0.717) is 16.1 Å². The fraction of sp³-hybridized carbons (Fsp3) is 0.105. The molecule has 144 valence electrons. The maximum atomic E-state index is 12.9. The van der Waals surface area contributed by atoms with Crippen molar-refractivity contribution in [3.8, 4) is 11.5 Å². The SMILES string of the molecule is COc1cc(/C=C2\C(=O)NC(=O)N(c3cc(Cl)ccc3C)C2=O)cc(Cl)c1O. The van der Waals surface area contributed by atoms with Crippen molar-refractivity contribution < 1.29 is 24.2 Å². The van der Waals surface area contributed by atoms with Crippen LogP contribution in [0.25, 0.3) is 6.08 Å². The van der Waals surface area contributed by atoms with Gasteiger partial charge in [0.15, 0.2) is 11.5 Å². The number of carbonyl (C=O) groups excluding carboxylic acids is 3. The number of methoxy groups -OCH3 is 1. The molecule has 0 unspecified atom stereocenters. The first-order valence-electron chi connectivity index (χ1n) is 7.97. The molecule has 1 saturated heterocycles. The summed E-state index contributed by atoms with van der Waals surface area (Å²) in [4.78, 5) is 38.4. The highest BCUT2D eigenvalue weighted by atomic mass is 35.5. The van der Waals surface area contributed by atoms with Gasteiger partial charge in [-0.2, -0.15) is 0 Å². The first-order chi connectivity index (χ1) is 13.2. The van der Waals surface area contributed by atoms with Crippen LogP contribution in [0.3, 0.4) is 0 Å². The zero-order valence-corrected chi connectivity index (χ0v) is 16.3. The van der Waals surface area contributed by atoms with Crippen molar-refractivity contribution in [1.29, 1.82) is 0 Å². The smallest absolute Gasteiger partial charge is 0.335 e. The highest BCUT2D eigenvalue weighted by Crippen LogP contribution is 2.36. The minimum absolute atomic E-state index is 0.0199. The van der Waals surface area contributed by atoms with Crippen LogP contribution in [-0.2, 0) is 9.59 Å². The van der Waals surface area contributed by atoms with Crippen molar-refractivity contribution >= 4 is 52.8 Å². The van der Waals surface area contributed by atoms with E-state index in [9.17, 15) is 19.5 Å². The van der Waals surface area contributed by atoms with E-state index < -0.39 is 17.8 Å². The lowest BCUT2D eigenvalue weighted by atomic mass is 10.1. The van der Waals surface area contributed by atoms with Gasteiger partial charge in [-0.3, -0.25) is 14.9 Å². The number of urea groups is 1. The van der Waals surface area contributed by atoms with Crippen molar-refractivity contribution in [3.05, 3.63) is 57.1 Å². The summed E-state index contributed by atoms with van der Waals surface area (Å²) in [7, 11) is 1.34. The number of anilines is 1. The van der Waals surface area contributed by atoms with Gasteiger partial charge in [0.2, 0.25) is 0 Å². The zero-order valence-electron chi connectivity index (χ0n) is 14.7. The average molecular weight is 421 g/mol.